The maximum absolute atomic E-state index is 12.9. The smallest absolute Gasteiger partial charge is 0.408 e. The van der Waals surface area contributed by atoms with Crippen LogP contribution in [-0.2, 0) is 22.7 Å². The average Bonchev–Trinajstić information content (AvgIpc) is 3.48. The van der Waals surface area contributed by atoms with Gasteiger partial charge in [0.05, 0.1) is 12.1 Å². The van der Waals surface area contributed by atoms with Gasteiger partial charge in [0.25, 0.3) is 5.91 Å². The van der Waals surface area contributed by atoms with Gasteiger partial charge in [-0.3, -0.25) is 10.2 Å². The van der Waals surface area contributed by atoms with E-state index in [2.05, 4.69) is 26.5 Å². The molecule has 0 saturated heterocycles. The van der Waals surface area contributed by atoms with Crippen LogP contribution in [0.5, 0.6) is 0 Å². The van der Waals surface area contributed by atoms with Gasteiger partial charge in [-0.05, 0) is 35.8 Å². The van der Waals surface area contributed by atoms with E-state index in [0.717, 1.165) is 11.1 Å². The fourth-order valence-electron chi connectivity index (χ4n) is 4.15. The summed E-state index contributed by atoms with van der Waals surface area (Å²) < 4.78 is 10.6. The van der Waals surface area contributed by atoms with Crippen LogP contribution in [0.4, 0.5) is 9.59 Å². The second-order valence-corrected chi connectivity index (χ2v) is 11.8. The summed E-state index contributed by atoms with van der Waals surface area (Å²) in [5.74, 6) is -0.203. The van der Waals surface area contributed by atoms with E-state index in [1.54, 1.807) is 5.38 Å². The van der Waals surface area contributed by atoms with Crippen molar-refractivity contribution in [3.05, 3.63) is 87.9 Å². The molecule has 0 aliphatic rings. The van der Waals surface area contributed by atoms with Gasteiger partial charge in [-0.2, -0.15) is 0 Å². The Morgan fingerprint density at radius 3 is 1.88 bits per heavy atom. The standard InChI is InChI=1S/C31H41N5O6S/c1-20(2)15-24(33-30(39)41-17-22-11-7-5-8-12-22)27(37)35-36-28(38)26-19-43-29(32-26)25(16-21(3)4)34-31(40)42-18-23-13-9-6-10-14-23/h5-14,19-21,24-25,27,35,37H,15-18H2,1-4H3,(H,33,39)(H,34,40)(H,36,38)/t24-,25-,27?/m0/s1. The lowest BCUT2D eigenvalue weighted by Crippen LogP contribution is -2.55. The summed E-state index contributed by atoms with van der Waals surface area (Å²) in [5, 5.41) is 18.4. The highest BCUT2D eigenvalue weighted by atomic mass is 32.1. The molecule has 12 heteroatoms. The number of ether oxygens (including phenoxy) is 2. The molecular weight excluding hydrogens is 570 g/mol. The summed E-state index contributed by atoms with van der Waals surface area (Å²) in [6.07, 6.45) is -1.55. The van der Waals surface area contributed by atoms with Gasteiger partial charge >= 0.3 is 12.2 Å². The van der Waals surface area contributed by atoms with Crippen LogP contribution in [0, 0.1) is 11.8 Å². The van der Waals surface area contributed by atoms with E-state index in [-0.39, 0.29) is 30.7 Å². The molecule has 3 aromatic rings. The van der Waals surface area contributed by atoms with Gasteiger partial charge in [0.2, 0.25) is 0 Å². The van der Waals surface area contributed by atoms with Crippen molar-refractivity contribution in [2.24, 2.45) is 11.8 Å². The van der Waals surface area contributed by atoms with Crippen LogP contribution in [0.2, 0.25) is 0 Å². The average molecular weight is 612 g/mol. The second-order valence-electron chi connectivity index (χ2n) is 10.9. The number of alkyl carbamates (subject to hydrolysis) is 2. The van der Waals surface area contributed by atoms with Gasteiger partial charge in [0.15, 0.2) is 0 Å². The van der Waals surface area contributed by atoms with Crippen molar-refractivity contribution in [2.75, 3.05) is 0 Å². The van der Waals surface area contributed by atoms with Crippen LogP contribution in [-0.4, -0.2) is 40.5 Å². The first-order valence-corrected chi connectivity index (χ1v) is 15.1. The second kappa shape index (κ2) is 17.2. The Hall–Kier alpha value is -4.00. The summed E-state index contributed by atoms with van der Waals surface area (Å²) in [4.78, 5) is 42.2. The molecule has 3 amide bonds. The van der Waals surface area contributed by atoms with Gasteiger partial charge in [-0.25, -0.2) is 20.0 Å². The van der Waals surface area contributed by atoms with Crippen molar-refractivity contribution in [3.8, 4) is 0 Å². The Morgan fingerprint density at radius 1 is 0.814 bits per heavy atom. The Morgan fingerprint density at radius 2 is 1.35 bits per heavy atom. The molecule has 1 heterocycles. The van der Waals surface area contributed by atoms with Gasteiger partial charge in [-0.15, -0.1) is 11.3 Å². The SMILES string of the molecule is CC(C)C[C@H](NC(=O)OCc1ccccc1)c1nc(C(=O)NNC(O)[C@H](CC(C)C)NC(=O)OCc2ccccc2)cs1. The van der Waals surface area contributed by atoms with Crippen molar-refractivity contribution in [2.45, 2.75) is 72.1 Å². The molecule has 0 aliphatic heterocycles. The van der Waals surface area contributed by atoms with E-state index in [4.69, 9.17) is 9.47 Å². The number of aromatic nitrogens is 1. The van der Waals surface area contributed by atoms with Crippen LogP contribution in [0.25, 0.3) is 0 Å². The predicted octanol–water partition coefficient (Wildman–Crippen LogP) is 5.05. The molecule has 3 atom stereocenters. The molecule has 0 aliphatic carbocycles. The number of nitrogens with zero attached hydrogens (tertiary/aromatic N) is 1. The number of aliphatic hydroxyl groups excluding tert-OH is 1. The fourth-order valence-corrected chi connectivity index (χ4v) is 5.01. The molecule has 232 valence electrons. The molecule has 3 rings (SSSR count). The number of carbonyl (C=O) groups is 3. The van der Waals surface area contributed by atoms with Crippen LogP contribution in [0.3, 0.4) is 0 Å². The minimum Gasteiger partial charge on any atom is -0.445 e. The third-order valence-corrected chi connectivity index (χ3v) is 7.18. The third-order valence-electron chi connectivity index (χ3n) is 6.22. The monoisotopic (exact) mass is 611 g/mol. The molecule has 5 N–H and O–H groups in total. The largest absolute Gasteiger partial charge is 0.445 e. The highest BCUT2D eigenvalue weighted by Gasteiger charge is 2.25. The van der Waals surface area contributed by atoms with E-state index in [1.165, 1.54) is 11.3 Å². The molecule has 1 aromatic heterocycles. The minimum absolute atomic E-state index is 0.0882. The van der Waals surface area contributed by atoms with E-state index in [9.17, 15) is 19.5 Å². The van der Waals surface area contributed by atoms with E-state index in [0.29, 0.717) is 17.8 Å². The first kappa shape index (κ1) is 33.5. The van der Waals surface area contributed by atoms with Crippen molar-refractivity contribution in [1.82, 2.24) is 26.5 Å². The number of hydrogen-bond acceptors (Lipinski definition) is 9. The Labute approximate surface area is 256 Å². The zero-order chi connectivity index (χ0) is 31.2. The highest BCUT2D eigenvalue weighted by molar-refractivity contribution is 7.09. The summed E-state index contributed by atoms with van der Waals surface area (Å²) in [5.41, 5.74) is 6.84. The number of nitrogens with one attached hydrogen (secondary N) is 4. The summed E-state index contributed by atoms with van der Waals surface area (Å²) in [7, 11) is 0. The minimum atomic E-state index is -1.30. The zero-order valence-corrected chi connectivity index (χ0v) is 25.7. The van der Waals surface area contributed by atoms with E-state index in [1.807, 2.05) is 88.4 Å². The molecule has 11 nitrogen and oxygen atoms in total. The molecule has 0 radical (unpaired) electrons. The summed E-state index contributed by atoms with van der Waals surface area (Å²) in [6.45, 7) is 8.17. The maximum atomic E-state index is 12.9. The highest BCUT2D eigenvalue weighted by Crippen LogP contribution is 2.25. The maximum Gasteiger partial charge on any atom is 0.408 e. The Balaban J connectivity index is 1.54. The number of hydrazine groups is 1. The lowest BCUT2D eigenvalue weighted by atomic mass is 10.0. The lowest BCUT2D eigenvalue weighted by molar-refractivity contribution is 0.0558. The fraction of sp³-hybridized carbons (Fsp3) is 0.419. The molecule has 0 fully saturated rings. The van der Waals surface area contributed by atoms with Crippen molar-refractivity contribution in [3.63, 3.8) is 0 Å². The number of aliphatic hydroxyl groups is 1. The topological polar surface area (TPSA) is 151 Å². The van der Waals surface area contributed by atoms with Crippen molar-refractivity contribution < 1.29 is 29.0 Å². The third kappa shape index (κ3) is 12.0. The zero-order valence-electron chi connectivity index (χ0n) is 24.9. The van der Waals surface area contributed by atoms with Crippen molar-refractivity contribution in [1.29, 1.82) is 0 Å². The summed E-state index contributed by atoms with van der Waals surface area (Å²) in [6, 6.07) is 17.4. The van der Waals surface area contributed by atoms with Gasteiger partial charge in [-0.1, -0.05) is 88.4 Å². The molecule has 0 saturated carbocycles. The van der Waals surface area contributed by atoms with Crippen molar-refractivity contribution >= 4 is 29.4 Å². The van der Waals surface area contributed by atoms with Crippen LogP contribution < -0.4 is 21.5 Å². The Kier molecular flexibility index (Phi) is 13.4. The molecular formula is C31H41N5O6S. The number of benzene rings is 2. The normalized spacial score (nSPS) is 13.2. The summed E-state index contributed by atoms with van der Waals surface area (Å²) >= 11 is 1.24. The lowest BCUT2D eigenvalue weighted by Gasteiger charge is -2.26. The Bertz CT molecular complexity index is 1290. The molecule has 0 spiro atoms. The quantitative estimate of drug-likeness (QED) is 0.118. The van der Waals surface area contributed by atoms with Crippen LogP contribution >= 0.6 is 11.3 Å². The number of amides is 3. The first-order valence-electron chi connectivity index (χ1n) is 14.2. The van der Waals surface area contributed by atoms with Crippen LogP contribution in [0.1, 0.15) is 73.2 Å². The van der Waals surface area contributed by atoms with Crippen LogP contribution in [0.15, 0.2) is 66.0 Å². The molecule has 1 unspecified atom stereocenters. The molecule has 43 heavy (non-hydrogen) atoms. The molecule has 2 aromatic carbocycles. The number of hydrogen-bond donors (Lipinski definition) is 5. The number of carbonyl (C=O) groups excluding carboxylic acids is 3. The number of thiazole rings is 1. The van der Waals surface area contributed by atoms with Gasteiger partial charge < -0.3 is 25.2 Å². The van der Waals surface area contributed by atoms with E-state index >= 15 is 0 Å². The van der Waals surface area contributed by atoms with Gasteiger partial charge in [0, 0.05) is 5.38 Å². The first-order chi connectivity index (χ1) is 20.6. The van der Waals surface area contributed by atoms with E-state index < -0.39 is 36.4 Å². The number of rotatable bonds is 15. The molecule has 0 bridgehead atoms. The predicted molar refractivity (Wildman–Crippen MR) is 164 cm³/mol. The van der Waals surface area contributed by atoms with Gasteiger partial charge in [0.1, 0.15) is 30.1 Å².